The lowest BCUT2D eigenvalue weighted by Crippen LogP contribution is -2.12. The maximum absolute atomic E-state index is 5.87. The van der Waals surface area contributed by atoms with Gasteiger partial charge in [-0.3, -0.25) is 0 Å². The quantitative estimate of drug-likeness (QED) is 0.340. The van der Waals surface area contributed by atoms with Gasteiger partial charge in [0.05, 0.1) is 12.7 Å². The van der Waals surface area contributed by atoms with Crippen molar-refractivity contribution in [2.24, 2.45) is 0 Å². The second-order valence-electron chi connectivity index (χ2n) is 5.61. The first-order valence-electron chi connectivity index (χ1n) is 8.81. The number of ether oxygens (including phenoxy) is 2. The Hall–Kier alpha value is -1.28. The average Bonchev–Trinajstić information content (AvgIpc) is 2.56. The van der Waals surface area contributed by atoms with Crippen molar-refractivity contribution in [3.63, 3.8) is 0 Å². The summed E-state index contributed by atoms with van der Waals surface area (Å²) in [6.45, 7) is 6.11. The molecule has 0 bridgehead atoms. The summed E-state index contributed by atoms with van der Waals surface area (Å²) in [4.78, 5) is 0. The zero-order valence-electron chi connectivity index (χ0n) is 14.3. The van der Waals surface area contributed by atoms with Gasteiger partial charge < -0.3 is 9.47 Å². The monoisotopic (exact) mass is 304 g/mol. The van der Waals surface area contributed by atoms with Crippen LogP contribution in [0.3, 0.4) is 0 Å². The van der Waals surface area contributed by atoms with E-state index in [9.17, 15) is 0 Å². The summed E-state index contributed by atoms with van der Waals surface area (Å²) >= 11 is 0. The molecule has 0 aliphatic heterocycles. The summed E-state index contributed by atoms with van der Waals surface area (Å²) in [5, 5.41) is 0. The Labute approximate surface area is 136 Å². The Bertz CT molecular complexity index is 373. The highest BCUT2D eigenvalue weighted by Gasteiger charge is 2.04. The number of allylic oxidation sites excluding steroid dienone is 2. The molecule has 0 saturated carbocycles. The molecule has 0 radical (unpaired) electrons. The zero-order chi connectivity index (χ0) is 15.9. The second-order valence-corrected chi connectivity index (χ2v) is 5.61. The molecule has 1 aromatic carbocycles. The summed E-state index contributed by atoms with van der Waals surface area (Å²) in [5.74, 6) is 0.960. The molecule has 0 N–H and O–H groups in total. The molecule has 22 heavy (non-hydrogen) atoms. The van der Waals surface area contributed by atoms with Gasteiger partial charge in [-0.2, -0.15) is 0 Å². The van der Waals surface area contributed by atoms with E-state index >= 15 is 0 Å². The standard InChI is InChI=1S/C20H32O2/c1-3-5-17-21-19(4-2)14-10-7-6-8-13-18-22-20-15-11-9-12-16-20/h6-7,9,11-12,15-16,19H,3-5,8,10,13-14,17-18H2,1-2H3. The fourth-order valence-corrected chi connectivity index (χ4v) is 2.23. The molecule has 0 spiro atoms. The Morgan fingerprint density at radius 1 is 0.955 bits per heavy atom. The lowest BCUT2D eigenvalue weighted by molar-refractivity contribution is 0.0438. The molecule has 124 valence electrons. The van der Waals surface area contributed by atoms with Crippen molar-refractivity contribution in [3.05, 3.63) is 42.5 Å². The number of rotatable bonds is 13. The Morgan fingerprint density at radius 3 is 2.45 bits per heavy atom. The van der Waals surface area contributed by atoms with Crippen LogP contribution in [0.2, 0.25) is 0 Å². The van der Waals surface area contributed by atoms with E-state index in [0.29, 0.717) is 6.10 Å². The van der Waals surface area contributed by atoms with Gasteiger partial charge in [-0.05, 0) is 50.7 Å². The Kier molecular flexibility index (Phi) is 11.4. The largest absolute Gasteiger partial charge is 0.494 e. The van der Waals surface area contributed by atoms with E-state index in [0.717, 1.165) is 51.1 Å². The van der Waals surface area contributed by atoms with Crippen LogP contribution in [0.1, 0.15) is 58.8 Å². The van der Waals surface area contributed by atoms with Gasteiger partial charge in [0.25, 0.3) is 0 Å². The minimum absolute atomic E-state index is 0.428. The van der Waals surface area contributed by atoms with Crippen molar-refractivity contribution >= 4 is 0 Å². The highest BCUT2D eigenvalue weighted by molar-refractivity contribution is 5.20. The smallest absolute Gasteiger partial charge is 0.119 e. The molecule has 0 aliphatic rings. The minimum atomic E-state index is 0.428. The van der Waals surface area contributed by atoms with Crippen LogP contribution in [0.15, 0.2) is 42.5 Å². The number of unbranched alkanes of at least 4 members (excludes halogenated alkanes) is 2. The molecule has 1 unspecified atom stereocenters. The van der Waals surface area contributed by atoms with Crippen LogP contribution in [0, 0.1) is 0 Å². The summed E-state index contributed by atoms with van der Waals surface area (Å²) in [7, 11) is 0. The molecule has 1 rings (SSSR count). The molecule has 1 aromatic rings. The molecule has 0 fully saturated rings. The van der Waals surface area contributed by atoms with Gasteiger partial charge in [0.1, 0.15) is 5.75 Å². The fraction of sp³-hybridized carbons (Fsp3) is 0.600. The first kappa shape index (κ1) is 18.8. The molecular weight excluding hydrogens is 272 g/mol. The predicted molar refractivity (Wildman–Crippen MR) is 94.5 cm³/mol. The van der Waals surface area contributed by atoms with Gasteiger partial charge in [-0.25, -0.2) is 0 Å². The third-order valence-corrected chi connectivity index (χ3v) is 3.66. The Balaban J connectivity index is 1.99. The molecule has 0 aliphatic carbocycles. The average molecular weight is 304 g/mol. The normalized spacial score (nSPS) is 12.6. The minimum Gasteiger partial charge on any atom is -0.494 e. The van der Waals surface area contributed by atoms with Crippen LogP contribution >= 0.6 is 0 Å². The highest BCUT2D eigenvalue weighted by atomic mass is 16.5. The van der Waals surface area contributed by atoms with Crippen molar-refractivity contribution in [1.29, 1.82) is 0 Å². The molecular formula is C20H32O2. The number of hydrogen-bond donors (Lipinski definition) is 0. The number of para-hydroxylation sites is 1. The summed E-state index contributed by atoms with van der Waals surface area (Å²) < 4.78 is 11.5. The van der Waals surface area contributed by atoms with E-state index in [2.05, 4.69) is 26.0 Å². The van der Waals surface area contributed by atoms with Crippen LogP contribution in [-0.2, 0) is 4.74 Å². The van der Waals surface area contributed by atoms with Crippen LogP contribution in [0.5, 0.6) is 5.75 Å². The van der Waals surface area contributed by atoms with Crippen molar-refractivity contribution in [1.82, 2.24) is 0 Å². The van der Waals surface area contributed by atoms with E-state index < -0.39 is 0 Å². The molecule has 0 saturated heterocycles. The number of hydrogen-bond acceptors (Lipinski definition) is 2. The topological polar surface area (TPSA) is 18.5 Å². The van der Waals surface area contributed by atoms with Crippen molar-refractivity contribution in [2.45, 2.75) is 64.9 Å². The molecule has 0 amide bonds. The van der Waals surface area contributed by atoms with E-state index in [4.69, 9.17) is 9.47 Å². The number of benzene rings is 1. The van der Waals surface area contributed by atoms with Crippen molar-refractivity contribution < 1.29 is 9.47 Å². The lowest BCUT2D eigenvalue weighted by Gasteiger charge is -2.14. The van der Waals surface area contributed by atoms with Crippen LogP contribution < -0.4 is 4.74 Å². The molecule has 2 nitrogen and oxygen atoms in total. The van der Waals surface area contributed by atoms with Gasteiger partial charge in [0, 0.05) is 6.61 Å². The van der Waals surface area contributed by atoms with Gasteiger partial charge >= 0.3 is 0 Å². The molecule has 0 heterocycles. The first-order valence-corrected chi connectivity index (χ1v) is 8.81. The van der Waals surface area contributed by atoms with Crippen molar-refractivity contribution in [3.8, 4) is 5.75 Å². The maximum Gasteiger partial charge on any atom is 0.119 e. The summed E-state index contributed by atoms with van der Waals surface area (Å²) in [5.41, 5.74) is 0. The third kappa shape index (κ3) is 9.62. The van der Waals surface area contributed by atoms with E-state index in [1.807, 2.05) is 30.3 Å². The molecule has 1 atom stereocenters. The predicted octanol–water partition coefficient (Wildman–Crippen LogP) is 5.78. The highest BCUT2D eigenvalue weighted by Crippen LogP contribution is 2.10. The van der Waals surface area contributed by atoms with E-state index in [1.165, 1.54) is 12.8 Å². The Morgan fingerprint density at radius 2 is 1.73 bits per heavy atom. The SMILES string of the molecule is CCCCOC(CC)CCC=CCCCOc1ccccc1. The van der Waals surface area contributed by atoms with Gasteiger partial charge in [0.15, 0.2) is 0 Å². The maximum atomic E-state index is 5.87. The molecule has 2 heteroatoms. The third-order valence-electron chi connectivity index (χ3n) is 3.66. The van der Waals surface area contributed by atoms with Gasteiger partial charge in [0.2, 0.25) is 0 Å². The van der Waals surface area contributed by atoms with Crippen LogP contribution in [-0.4, -0.2) is 19.3 Å². The second kappa shape index (κ2) is 13.4. The lowest BCUT2D eigenvalue weighted by atomic mass is 10.1. The molecule has 0 aromatic heterocycles. The summed E-state index contributed by atoms with van der Waals surface area (Å²) in [6.07, 6.45) is 12.9. The fourth-order valence-electron chi connectivity index (χ4n) is 2.23. The van der Waals surface area contributed by atoms with E-state index in [1.54, 1.807) is 0 Å². The van der Waals surface area contributed by atoms with Crippen LogP contribution in [0.4, 0.5) is 0 Å². The zero-order valence-corrected chi connectivity index (χ0v) is 14.3. The summed E-state index contributed by atoms with van der Waals surface area (Å²) in [6, 6.07) is 10.0. The van der Waals surface area contributed by atoms with Crippen molar-refractivity contribution in [2.75, 3.05) is 13.2 Å². The van der Waals surface area contributed by atoms with E-state index in [-0.39, 0.29) is 0 Å². The van der Waals surface area contributed by atoms with Gasteiger partial charge in [-0.1, -0.05) is 50.6 Å². The van der Waals surface area contributed by atoms with Crippen LogP contribution in [0.25, 0.3) is 0 Å². The first-order chi connectivity index (χ1) is 10.9. The van der Waals surface area contributed by atoms with Gasteiger partial charge in [-0.15, -0.1) is 0 Å².